The Balaban J connectivity index is 2.13. The molecule has 0 aromatic heterocycles. The first-order valence-electron chi connectivity index (χ1n) is 7.03. The van der Waals surface area contributed by atoms with E-state index in [1.807, 2.05) is 0 Å². The number of aryl methyl sites for hydroxylation is 1. The normalized spacial score (nSPS) is 21.8. The maximum absolute atomic E-state index is 6.03. The van der Waals surface area contributed by atoms with Crippen molar-refractivity contribution in [3.8, 4) is 0 Å². The highest BCUT2D eigenvalue weighted by molar-refractivity contribution is 5.29. The molecule has 1 aliphatic rings. The van der Waals surface area contributed by atoms with Crippen LogP contribution in [-0.2, 0) is 0 Å². The molecule has 1 atom stereocenters. The third-order valence-corrected chi connectivity index (χ3v) is 4.36. The lowest BCUT2D eigenvalue weighted by molar-refractivity contribution is 0.0962. The molecule has 1 fully saturated rings. The van der Waals surface area contributed by atoms with Crippen LogP contribution in [0.3, 0.4) is 0 Å². The monoisotopic (exact) mass is 246 g/mol. The van der Waals surface area contributed by atoms with Crippen molar-refractivity contribution < 1.29 is 0 Å². The molecule has 1 aromatic rings. The van der Waals surface area contributed by atoms with Gasteiger partial charge in [0.05, 0.1) is 0 Å². The fraction of sp³-hybridized carbons (Fsp3) is 0.625. The van der Waals surface area contributed by atoms with Crippen LogP contribution >= 0.6 is 0 Å². The number of piperidine rings is 1. The van der Waals surface area contributed by atoms with Crippen LogP contribution in [0.15, 0.2) is 24.3 Å². The number of nitrogens with zero attached hydrogens (tertiary/aromatic N) is 1. The number of benzene rings is 1. The highest BCUT2D eigenvalue weighted by Crippen LogP contribution is 2.34. The minimum atomic E-state index is 0.391. The molecule has 0 radical (unpaired) electrons. The molecule has 2 N–H and O–H groups in total. The second-order valence-corrected chi connectivity index (χ2v) is 6.31. The van der Waals surface area contributed by atoms with E-state index in [1.165, 1.54) is 37.1 Å². The zero-order valence-corrected chi connectivity index (χ0v) is 11.9. The fourth-order valence-corrected chi connectivity index (χ4v) is 2.87. The fourth-order valence-electron chi connectivity index (χ4n) is 2.87. The molecule has 100 valence electrons. The Morgan fingerprint density at radius 3 is 2.39 bits per heavy atom. The summed E-state index contributed by atoms with van der Waals surface area (Å²) in [6, 6.07) is 9.03. The molecule has 0 bridgehead atoms. The molecule has 2 rings (SSSR count). The highest BCUT2D eigenvalue weighted by atomic mass is 15.2. The largest absolute Gasteiger partial charge is 0.329 e. The summed E-state index contributed by atoms with van der Waals surface area (Å²) in [5.74, 6) is 0. The van der Waals surface area contributed by atoms with Crippen molar-refractivity contribution in [2.45, 2.75) is 39.7 Å². The summed E-state index contributed by atoms with van der Waals surface area (Å²) >= 11 is 0. The molecular weight excluding hydrogens is 220 g/mol. The quantitative estimate of drug-likeness (QED) is 0.888. The smallest absolute Gasteiger partial charge is 0.0473 e. The SMILES string of the molecule is Cc1ccccc1C(CN)N1CCC(C)(C)CC1. The average molecular weight is 246 g/mol. The molecule has 0 spiro atoms. The summed E-state index contributed by atoms with van der Waals surface area (Å²) < 4.78 is 0. The van der Waals surface area contributed by atoms with Gasteiger partial charge in [-0.05, 0) is 49.4 Å². The van der Waals surface area contributed by atoms with Crippen molar-refractivity contribution >= 4 is 0 Å². The maximum Gasteiger partial charge on any atom is 0.0473 e. The molecule has 18 heavy (non-hydrogen) atoms. The lowest BCUT2D eigenvalue weighted by Gasteiger charge is -2.41. The van der Waals surface area contributed by atoms with E-state index in [2.05, 4.69) is 49.9 Å². The van der Waals surface area contributed by atoms with Gasteiger partial charge in [-0.2, -0.15) is 0 Å². The second-order valence-electron chi connectivity index (χ2n) is 6.31. The van der Waals surface area contributed by atoms with Crippen LogP contribution in [0.2, 0.25) is 0 Å². The van der Waals surface area contributed by atoms with Crippen LogP contribution in [0.25, 0.3) is 0 Å². The zero-order valence-electron chi connectivity index (χ0n) is 11.9. The number of nitrogens with two attached hydrogens (primary N) is 1. The molecule has 1 aromatic carbocycles. The van der Waals surface area contributed by atoms with E-state index in [-0.39, 0.29) is 0 Å². The van der Waals surface area contributed by atoms with Crippen molar-refractivity contribution in [3.63, 3.8) is 0 Å². The average Bonchev–Trinajstić information content (AvgIpc) is 2.34. The molecular formula is C16H26N2. The lowest BCUT2D eigenvalue weighted by Crippen LogP contribution is -2.42. The molecule has 0 amide bonds. The van der Waals surface area contributed by atoms with E-state index < -0.39 is 0 Å². The first-order valence-corrected chi connectivity index (χ1v) is 7.03. The number of rotatable bonds is 3. The van der Waals surface area contributed by atoms with Crippen molar-refractivity contribution in [2.24, 2.45) is 11.1 Å². The van der Waals surface area contributed by atoms with Crippen LogP contribution in [0, 0.1) is 12.3 Å². The Bertz CT molecular complexity index is 388. The van der Waals surface area contributed by atoms with Gasteiger partial charge in [0.25, 0.3) is 0 Å². The van der Waals surface area contributed by atoms with Gasteiger partial charge in [-0.3, -0.25) is 4.90 Å². The summed E-state index contributed by atoms with van der Waals surface area (Å²) in [5.41, 5.74) is 9.29. The second kappa shape index (κ2) is 5.41. The van der Waals surface area contributed by atoms with Crippen LogP contribution in [0.1, 0.15) is 43.9 Å². The maximum atomic E-state index is 6.03. The molecule has 2 heteroatoms. The van der Waals surface area contributed by atoms with Crippen LogP contribution in [0.5, 0.6) is 0 Å². The van der Waals surface area contributed by atoms with Gasteiger partial charge >= 0.3 is 0 Å². The Hall–Kier alpha value is -0.860. The molecule has 1 heterocycles. The minimum absolute atomic E-state index is 0.391. The Morgan fingerprint density at radius 2 is 1.83 bits per heavy atom. The van der Waals surface area contributed by atoms with Gasteiger partial charge in [0, 0.05) is 12.6 Å². The first-order chi connectivity index (χ1) is 8.53. The Labute approximate surface area is 111 Å². The van der Waals surface area contributed by atoms with E-state index in [1.54, 1.807) is 0 Å². The molecule has 0 saturated carbocycles. The van der Waals surface area contributed by atoms with Gasteiger partial charge in [-0.25, -0.2) is 0 Å². The van der Waals surface area contributed by atoms with Crippen molar-refractivity contribution in [3.05, 3.63) is 35.4 Å². The third-order valence-electron chi connectivity index (χ3n) is 4.36. The molecule has 2 nitrogen and oxygen atoms in total. The Kier molecular flexibility index (Phi) is 4.08. The van der Waals surface area contributed by atoms with Gasteiger partial charge in [0.2, 0.25) is 0 Å². The third kappa shape index (κ3) is 2.93. The van der Waals surface area contributed by atoms with Gasteiger partial charge in [0.1, 0.15) is 0 Å². The predicted molar refractivity (Wildman–Crippen MR) is 77.6 cm³/mol. The van der Waals surface area contributed by atoms with E-state index in [0.29, 0.717) is 18.0 Å². The van der Waals surface area contributed by atoms with E-state index in [9.17, 15) is 0 Å². The van der Waals surface area contributed by atoms with Crippen molar-refractivity contribution in [1.29, 1.82) is 0 Å². The topological polar surface area (TPSA) is 29.3 Å². The van der Waals surface area contributed by atoms with Crippen LogP contribution < -0.4 is 5.73 Å². The Morgan fingerprint density at radius 1 is 1.22 bits per heavy atom. The summed E-state index contributed by atoms with van der Waals surface area (Å²) in [6.07, 6.45) is 2.55. The molecule has 0 aliphatic carbocycles. The van der Waals surface area contributed by atoms with E-state index in [4.69, 9.17) is 5.73 Å². The zero-order chi connectivity index (χ0) is 13.2. The summed E-state index contributed by atoms with van der Waals surface area (Å²) in [4.78, 5) is 2.56. The number of likely N-dealkylation sites (tertiary alicyclic amines) is 1. The van der Waals surface area contributed by atoms with Crippen molar-refractivity contribution in [1.82, 2.24) is 4.90 Å². The first kappa shape index (κ1) is 13.6. The van der Waals surface area contributed by atoms with Crippen molar-refractivity contribution in [2.75, 3.05) is 19.6 Å². The molecule has 1 aliphatic heterocycles. The van der Waals surface area contributed by atoms with E-state index in [0.717, 1.165) is 0 Å². The molecule has 1 unspecified atom stereocenters. The summed E-state index contributed by atoms with van der Waals surface area (Å²) in [7, 11) is 0. The minimum Gasteiger partial charge on any atom is -0.329 e. The summed E-state index contributed by atoms with van der Waals surface area (Å²) in [6.45, 7) is 9.98. The van der Waals surface area contributed by atoms with Gasteiger partial charge in [-0.15, -0.1) is 0 Å². The van der Waals surface area contributed by atoms with E-state index >= 15 is 0 Å². The van der Waals surface area contributed by atoms with Crippen LogP contribution in [-0.4, -0.2) is 24.5 Å². The summed E-state index contributed by atoms with van der Waals surface area (Å²) in [5, 5.41) is 0. The highest BCUT2D eigenvalue weighted by Gasteiger charge is 2.29. The van der Waals surface area contributed by atoms with Gasteiger partial charge in [0.15, 0.2) is 0 Å². The van der Waals surface area contributed by atoms with Gasteiger partial charge in [-0.1, -0.05) is 38.1 Å². The lowest BCUT2D eigenvalue weighted by atomic mass is 9.82. The number of hydrogen-bond donors (Lipinski definition) is 1. The number of hydrogen-bond acceptors (Lipinski definition) is 2. The van der Waals surface area contributed by atoms with Crippen LogP contribution in [0.4, 0.5) is 0 Å². The molecule has 1 saturated heterocycles. The standard InChI is InChI=1S/C16H26N2/c1-13-6-4-5-7-14(13)15(12-17)18-10-8-16(2,3)9-11-18/h4-7,15H,8-12,17H2,1-3H3. The predicted octanol–water partition coefficient (Wildman–Crippen LogP) is 3.12. The van der Waals surface area contributed by atoms with Gasteiger partial charge < -0.3 is 5.73 Å².